The van der Waals surface area contributed by atoms with Crippen molar-refractivity contribution >= 4 is 23.6 Å². The van der Waals surface area contributed by atoms with Gasteiger partial charge in [0.1, 0.15) is 17.3 Å². The molecule has 3 nitrogen and oxygen atoms in total. The number of hydrogen-bond donors (Lipinski definition) is 1. The van der Waals surface area contributed by atoms with E-state index in [-0.39, 0.29) is 0 Å². The first-order valence-corrected chi connectivity index (χ1v) is 6.06. The van der Waals surface area contributed by atoms with Crippen LogP contribution in [-0.4, -0.2) is 11.1 Å². The average molecular weight is 293 g/mol. The Morgan fingerprint density at radius 1 is 1.25 bits per heavy atom. The lowest BCUT2D eigenvalue weighted by atomic mass is 10.2. The van der Waals surface area contributed by atoms with Gasteiger partial charge in [-0.25, -0.2) is 9.18 Å². The summed E-state index contributed by atoms with van der Waals surface area (Å²) in [6, 6.07) is 10.4. The number of ether oxygens (including phenoxy) is 1. The molecule has 0 aliphatic carbocycles. The van der Waals surface area contributed by atoms with Gasteiger partial charge in [-0.05, 0) is 30.3 Å². The maximum atomic E-state index is 13.1. The van der Waals surface area contributed by atoms with Gasteiger partial charge in [0, 0.05) is 28.8 Å². The molecule has 0 aromatic heterocycles. The van der Waals surface area contributed by atoms with E-state index in [1.54, 1.807) is 18.2 Å². The van der Waals surface area contributed by atoms with Crippen LogP contribution in [0.15, 0.2) is 48.5 Å². The molecular weight excluding hydrogens is 283 g/mol. The largest absolute Gasteiger partial charge is 0.478 e. The second kappa shape index (κ2) is 6.21. The third-order valence-corrected chi connectivity index (χ3v) is 2.64. The van der Waals surface area contributed by atoms with Gasteiger partial charge in [0.15, 0.2) is 0 Å². The molecular formula is C15H10ClFO3. The van der Waals surface area contributed by atoms with Crippen molar-refractivity contribution < 1.29 is 19.0 Å². The van der Waals surface area contributed by atoms with E-state index in [4.69, 9.17) is 21.4 Å². The minimum Gasteiger partial charge on any atom is -0.478 e. The monoisotopic (exact) mass is 292 g/mol. The lowest BCUT2D eigenvalue weighted by Crippen LogP contribution is -1.90. The van der Waals surface area contributed by atoms with Crippen molar-refractivity contribution in [2.45, 2.75) is 0 Å². The van der Waals surface area contributed by atoms with Crippen molar-refractivity contribution in [1.29, 1.82) is 0 Å². The molecule has 0 heterocycles. The van der Waals surface area contributed by atoms with Crippen molar-refractivity contribution in [2.75, 3.05) is 0 Å². The molecule has 0 unspecified atom stereocenters. The fourth-order valence-corrected chi connectivity index (χ4v) is 1.71. The zero-order chi connectivity index (χ0) is 14.5. The van der Waals surface area contributed by atoms with E-state index in [0.717, 1.165) is 6.08 Å². The molecule has 2 aromatic rings. The predicted molar refractivity (Wildman–Crippen MR) is 74.6 cm³/mol. The Morgan fingerprint density at radius 2 is 2.05 bits per heavy atom. The third-order valence-electron chi connectivity index (χ3n) is 2.40. The molecule has 0 atom stereocenters. The lowest BCUT2D eigenvalue weighted by Gasteiger charge is -2.09. The molecule has 0 saturated carbocycles. The van der Waals surface area contributed by atoms with Gasteiger partial charge in [0.2, 0.25) is 0 Å². The van der Waals surface area contributed by atoms with Crippen LogP contribution in [0.1, 0.15) is 5.56 Å². The van der Waals surface area contributed by atoms with E-state index in [0.29, 0.717) is 22.1 Å². The standard InChI is InChI=1S/C15H10ClFO3/c16-11-6-4-10(5-7-15(18)19)14(8-11)20-13-3-1-2-12(17)9-13/h1-9H,(H,18,19)/b7-5+. The highest BCUT2D eigenvalue weighted by Gasteiger charge is 2.05. The maximum absolute atomic E-state index is 13.1. The number of rotatable bonds is 4. The van der Waals surface area contributed by atoms with Crippen molar-refractivity contribution in [3.63, 3.8) is 0 Å². The first-order chi connectivity index (χ1) is 9.54. The Hall–Kier alpha value is -2.33. The molecule has 102 valence electrons. The van der Waals surface area contributed by atoms with E-state index in [9.17, 15) is 9.18 Å². The van der Waals surface area contributed by atoms with E-state index in [1.165, 1.54) is 30.3 Å². The Kier molecular flexibility index (Phi) is 4.38. The van der Waals surface area contributed by atoms with E-state index in [1.807, 2.05) is 0 Å². The van der Waals surface area contributed by atoms with Crippen molar-refractivity contribution in [1.82, 2.24) is 0 Å². The Morgan fingerprint density at radius 3 is 2.75 bits per heavy atom. The average Bonchev–Trinajstić information content (AvgIpc) is 2.37. The molecule has 2 rings (SSSR count). The van der Waals surface area contributed by atoms with E-state index >= 15 is 0 Å². The van der Waals surface area contributed by atoms with Crippen LogP contribution < -0.4 is 4.74 Å². The zero-order valence-corrected chi connectivity index (χ0v) is 11.0. The number of carbonyl (C=O) groups is 1. The number of carboxylic acid groups (broad SMARTS) is 1. The summed E-state index contributed by atoms with van der Waals surface area (Å²) in [5.41, 5.74) is 0.529. The smallest absolute Gasteiger partial charge is 0.328 e. The van der Waals surface area contributed by atoms with E-state index in [2.05, 4.69) is 0 Å². The molecule has 0 fully saturated rings. The number of carboxylic acids is 1. The normalized spacial score (nSPS) is 10.7. The lowest BCUT2D eigenvalue weighted by molar-refractivity contribution is -0.131. The van der Waals surface area contributed by atoms with Gasteiger partial charge in [-0.1, -0.05) is 17.7 Å². The van der Waals surface area contributed by atoms with Gasteiger partial charge in [-0.15, -0.1) is 0 Å². The summed E-state index contributed by atoms with van der Waals surface area (Å²) >= 11 is 5.88. The van der Waals surface area contributed by atoms with Gasteiger partial charge >= 0.3 is 5.97 Å². The van der Waals surface area contributed by atoms with E-state index < -0.39 is 11.8 Å². The molecule has 2 aromatic carbocycles. The molecule has 0 aliphatic rings. The number of hydrogen-bond acceptors (Lipinski definition) is 2. The van der Waals surface area contributed by atoms with Crippen molar-refractivity contribution in [3.05, 3.63) is 64.9 Å². The van der Waals surface area contributed by atoms with Crippen LogP contribution in [0.4, 0.5) is 4.39 Å². The molecule has 0 aliphatic heterocycles. The van der Waals surface area contributed by atoms with Crippen LogP contribution >= 0.6 is 11.6 Å². The molecule has 0 bridgehead atoms. The first kappa shape index (κ1) is 14.1. The van der Waals surface area contributed by atoms with Gasteiger partial charge in [-0.3, -0.25) is 0 Å². The summed E-state index contributed by atoms with van der Waals surface area (Å²) in [4.78, 5) is 10.6. The van der Waals surface area contributed by atoms with Crippen molar-refractivity contribution in [2.24, 2.45) is 0 Å². The van der Waals surface area contributed by atoms with Crippen LogP contribution in [-0.2, 0) is 4.79 Å². The Labute approximate surface area is 119 Å². The Bertz CT molecular complexity index is 668. The molecule has 1 N–H and O–H groups in total. The SMILES string of the molecule is O=C(O)/C=C/c1ccc(Cl)cc1Oc1cccc(F)c1. The summed E-state index contributed by atoms with van der Waals surface area (Å²) in [6.45, 7) is 0. The molecule has 0 spiro atoms. The van der Waals surface area contributed by atoms with Gasteiger partial charge in [0.05, 0.1) is 0 Å². The highest BCUT2D eigenvalue weighted by molar-refractivity contribution is 6.30. The van der Waals surface area contributed by atoms with Gasteiger partial charge in [0.25, 0.3) is 0 Å². The summed E-state index contributed by atoms with van der Waals surface area (Å²) in [6.07, 6.45) is 2.37. The fourth-order valence-electron chi connectivity index (χ4n) is 1.55. The second-order valence-corrected chi connectivity index (χ2v) is 4.35. The zero-order valence-electron chi connectivity index (χ0n) is 10.2. The summed E-state index contributed by atoms with van der Waals surface area (Å²) in [5.74, 6) is -0.846. The highest BCUT2D eigenvalue weighted by Crippen LogP contribution is 2.29. The number of aliphatic carboxylic acids is 1. The number of benzene rings is 2. The first-order valence-electron chi connectivity index (χ1n) is 5.68. The highest BCUT2D eigenvalue weighted by atomic mass is 35.5. The molecule has 0 amide bonds. The quantitative estimate of drug-likeness (QED) is 0.851. The molecule has 20 heavy (non-hydrogen) atoms. The third kappa shape index (κ3) is 3.83. The van der Waals surface area contributed by atoms with Crippen LogP contribution in [0.3, 0.4) is 0 Å². The molecule has 5 heteroatoms. The van der Waals surface area contributed by atoms with Crippen LogP contribution in [0.2, 0.25) is 5.02 Å². The molecule has 0 radical (unpaired) electrons. The minimum atomic E-state index is -1.07. The maximum Gasteiger partial charge on any atom is 0.328 e. The van der Waals surface area contributed by atoms with Gasteiger partial charge in [-0.2, -0.15) is 0 Å². The van der Waals surface area contributed by atoms with Crippen LogP contribution in [0.5, 0.6) is 11.5 Å². The Balaban J connectivity index is 2.34. The van der Waals surface area contributed by atoms with Crippen molar-refractivity contribution in [3.8, 4) is 11.5 Å². The predicted octanol–water partition coefficient (Wildman–Crippen LogP) is 4.37. The minimum absolute atomic E-state index is 0.303. The molecule has 0 saturated heterocycles. The topological polar surface area (TPSA) is 46.5 Å². The summed E-state index contributed by atoms with van der Waals surface area (Å²) in [7, 11) is 0. The van der Waals surface area contributed by atoms with Crippen LogP contribution in [0, 0.1) is 5.82 Å². The summed E-state index contributed by atoms with van der Waals surface area (Å²) in [5, 5.41) is 9.08. The fraction of sp³-hybridized carbons (Fsp3) is 0. The van der Waals surface area contributed by atoms with Crippen LogP contribution in [0.25, 0.3) is 6.08 Å². The summed E-state index contributed by atoms with van der Waals surface area (Å²) < 4.78 is 18.6. The van der Waals surface area contributed by atoms with Gasteiger partial charge < -0.3 is 9.84 Å². The second-order valence-electron chi connectivity index (χ2n) is 3.91. The number of halogens is 2.